The van der Waals surface area contributed by atoms with Crippen LogP contribution in [0, 0.1) is 5.92 Å². The molecule has 0 spiro atoms. The summed E-state index contributed by atoms with van der Waals surface area (Å²) in [5.41, 5.74) is 1.82. The summed E-state index contributed by atoms with van der Waals surface area (Å²) in [6.45, 7) is 7.24. The minimum atomic E-state index is -0.0875. The summed E-state index contributed by atoms with van der Waals surface area (Å²) in [4.78, 5) is 12.9. The summed E-state index contributed by atoms with van der Waals surface area (Å²) in [6, 6.07) is 10.1. The van der Waals surface area contributed by atoms with E-state index in [1.807, 2.05) is 41.2 Å². The molecule has 0 saturated heterocycles. The molecule has 1 aromatic carbocycles. The molecule has 0 amide bonds. The summed E-state index contributed by atoms with van der Waals surface area (Å²) in [5, 5.41) is 4.28. The van der Waals surface area contributed by atoms with Gasteiger partial charge in [-0.3, -0.25) is 9.48 Å². The van der Waals surface area contributed by atoms with Gasteiger partial charge in [-0.2, -0.15) is 5.10 Å². The minimum Gasteiger partial charge on any atom is -0.293 e. The third kappa shape index (κ3) is 3.60. The van der Waals surface area contributed by atoms with Crippen molar-refractivity contribution in [2.24, 2.45) is 5.92 Å². The Labute approximate surface area is 127 Å². The normalized spacial score (nSPS) is 13.9. The molecule has 2 aromatic rings. The Bertz CT molecular complexity index is 574. The van der Waals surface area contributed by atoms with E-state index >= 15 is 0 Å². The summed E-state index contributed by atoms with van der Waals surface area (Å²) in [6.07, 6.45) is 5.58. The maximum Gasteiger partial charge on any atom is 0.173 e. The maximum atomic E-state index is 12.9. The van der Waals surface area contributed by atoms with Gasteiger partial charge in [-0.05, 0) is 17.9 Å². The van der Waals surface area contributed by atoms with E-state index in [4.69, 9.17) is 0 Å². The van der Waals surface area contributed by atoms with Crippen LogP contribution in [-0.4, -0.2) is 15.6 Å². The average molecular weight is 284 g/mol. The SMILES string of the molecule is CCCn1cc(C(=O)C(c2ccccc2)C(C)CC)cn1. The molecule has 0 N–H and O–H groups in total. The van der Waals surface area contributed by atoms with Crippen molar-refractivity contribution in [1.82, 2.24) is 9.78 Å². The summed E-state index contributed by atoms with van der Waals surface area (Å²) < 4.78 is 1.85. The molecule has 2 unspecified atom stereocenters. The highest BCUT2D eigenvalue weighted by molar-refractivity contribution is 6.00. The van der Waals surface area contributed by atoms with Gasteiger partial charge in [0, 0.05) is 12.7 Å². The second-order valence-corrected chi connectivity index (χ2v) is 5.63. The molecule has 0 aliphatic rings. The zero-order valence-corrected chi connectivity index (χ0v) is 13.1. The van der Waals surface area contributed by atoms with E-state index in [2.05, 4.69) is 25.9 Å². The Balaban J connectivity index is 2.29. The highest BCUT2D eigenvalue weighted by Gasteiger charge is 2.27. The Morgan fingerprint density at radius 3 is 2.57 bits per heavy atom. The van der Waals surface area contributed by atoms with Crippen LogP contribution >= 0.6 is 0 Å². The zero-order valence-electron chi connectivity index (χ0n) is 13.1. The Hall–Kier alpha value is -1.90. The first-order valence-corrected chi connectivity index (χ1v) is 7.79. The van der Waals surface area contributed by atoms with E-state index in [1.54, 1.807) is 6.20 Å². The van der Waals surface area contributed by atoms with Crippen LogP contribution in [0.4, 0.5) is 0 Å². The Morgan fingerprint density at radius 2 is 1.95 bits per heavy atom. The summed E-state index contributed by atoms with van der Waals surface area (Å²) >= 11 is 0. The highest BCUT2D eigenvalue weighted by Crippen LogP contribution is 2.30. The average Bonchev–Trinajstić information content (AvgIpc) is 2.97. The molecule has 0 aliphatic carbocycles. The van der Waals surface area contributed by atoms with Crippen LogP contribution in [-0.2, 0) is 6.54 Å². The van der Waals surface area contributed by atoms with Gasteiger partial charge in [0.2, 0.25) is 0 Å². The van der Waals surface area contributed by atoms with Gasteiger partial charge in [0.25, 0.3) is 0 Å². The fraction of sp³-hybridized carbons (Fsp3) is 0.444. The molecule has 2 atom stereocenters. The van der Waals surface area contributed by atoms with Gasteiger partial charge in [-0.1, -0.05) is 57.5 Å². The van der Waals surface area contributed by atoms with Gasteiger partial charge in [0.1, 0.15) is 0 Å². The molecular weight excluding hydrogens is 260 g/mol. The molecule has 1 aromatic heterocycles. The fourth-order valence-electron chi connectivity index (χ4n) is 2.66. The van der Waals surface area contributed by atoms with Crippen molar-refractivity contribution in [1.29, 1.82) is 0 Å². The van der Waals surface area contributed by atoms with Crippen LogP contribution in [0.3, 0.4) is 0 Å². The standard InChI is InChI=1S/C18H24N2O/c1-4-11-20-13-16(12-19-20)18(21)17(14(3)5-2)15-9-7-6-8-10-15/h6-10,12-14,17H,4-5,11H2,1-3H3. The topological polar surface area (TPSA) is 34.9 Å². The number of benzene rings is 1. The van der Waals surface area contributed by atoms with Crippen LogP contribution in [0.2, 0.25) is 0 Å². The molecule has 0 fully saturated rings. The quantitative estimate of drug-likeness (QED) is 0.710. The third-order valence-corrected chi connectivity index (χ3v) is 4.02. The number of carbonyl (C=O) groups excluding carboxylic acids is 1. The number of aryl methyl sites for hydroxylation is 1. The molecule has 0 radical (unpaired) electrons. The van der Waals surface area contributed by atoms with Gasteiger partial charge in [0.05, 0.1) is 17.7 Å². The molecule has 2 rings (SSSR count). The lowest BCUT2D eigenvalue weighted by Crippen LogP contribution is -2.19. The first kappa shape index (κ1) is 15.5. The molecular formula is C18H24N2O. The van der Waals surface area contributed by atoms with E-state index in [9.17, 15) is 4.79 Å². The van der Waals surface area contributed by atoms with Crippen LogP contribution < -0.4 is 0 Å². The zero-order chi connectivity index (χ0) is 15.2. The lowest BCUT2D eigenvalue weighted by Gasteiger charge is -2.21. The maximum absolute atomic E-state index is 12.9. The number of hydrogen-bond acceptors (Lipinski definition) is 2. The van der Waals surface area contributed by atoms with Gasteiger partial charge in [0.15, 0.2) is 5.78 Å². The molecule has 21 heavy (non-hydrogen) atoms. The van der Waals surface area contributed by atoms with Crippen molar-refractivity contribution in [2.75, 3.05) is 0 Å². The lowest BCUT2D eigenvalue weighted by atomic mass is 9.81. The van der Waals surface area contributed by atoms with Crippen molar-refractivity contribution in [2.45, 2.75) is 46.1 Å². The first-order chi connectivity index (χ1) is 10.2. The van der Waals surface area contributed by atoms with Gasteiger partial charge < -0.3 is 0 Å². The van der Waals surface area contributed by atoms with Gasteiger partial charge >= 0.3 is 0 Å². The molecule has 112 valence electrons. The second kappa shape index (κ2) is 7.21. The fourth-order valence-corrected chi connectivity index (χ4v) is 2.66. The minimum absolute atomic E-state index is 0.0875. The Morgan fingerprint density at radius 1 is 1.24 bits per heavy atom. The third-order valence-electron chi connectivity index (χ3n) is 4.02. The van der Waals surface area contributed by atoms with Crippen LogP contribution in [0.15, 0.2) is 42.7 Å². The smallest absolute Gasteiger partial charge is 0.173 e. The predicted octanol–water partition coefficient (Wildman–Crippen LogP) is 4.31. The van der Waals surface area contributed by atoms with E-state index in [0.29, 0.717) is 5.92 Å². The first-order valence-electron chi connectivity index (χ1n) is 7.79. The van der Waals surface area contributed by atoms with Crippen molar-refractivity contribution in [3.05, 3.63) is 53.9 Å². The molecule has 0 aliphatic heterocycles. The van der Waals surface area contributed by atoms with Crippen molar-refractivity contribution in [3.63, 3.8) is 0 Å². The highest BCUT2D eigenvalue weighted by atomic mass is 16.1. The van der Waals surface area contributed by atoms with Crippen molar-refractivity contribution < 1.29 is 4.79 Å². The molecule has 1 heterocycles. The largest absolute Gasteiger partial charge is 0.293 e. The second-order valence-electron chi connectivity index (χ2n) is 5.63. The number of carbonyl (C=O) groups is 1. The molecule has 0 bridgehead atoms. The summed E-state index contributed by atoms with van der Waals surface area (Å²) in [5.74, 6) is 0.405. The van der Waals surface area contributed by atoms with Crippen LogP contribution in [0.25, 0.3) is 0 Å². The number of nitrogens with zero attached hydrogens (tertiary/aromatic N) is 2. The number of hydrogen-bond donors (Lipinski definition) is 0. The predicted molar refractivity (Wildman–Crippen MR) is 85.5 cm³/mol. The summed E-state index contributed by atoms with van der Waals surface area (Å²) in [7, 11) is 0. The Kier molecular flexibility index (Phi) is 5.32. The number of ketones is 1. The molecule has 3 nitrogen and oxygen atoms in total. The van der Waals surface area contributed by atoms with Crippen LogP contribution in [0.1, 0.15) is 55.5 Å². The van der Waals surface area contributed by atoms with E-state index < -0.39 is 0 Å². The number of Topliss-reactive ketones (excluding diaryl/α,β-unsaturated/α-hetero) is 1. The van der Waals surface area contributed by atoms with Gasteiger partial charge in [-0.15, -0.1) is 0 Å². The van der Waals surface area contributed by atoms with Crippen molar-refractivity contribution in [3.8, 4) is 0 Å². The molecule has 0 saturated carbocycles. The number of rotatable bonds is 7. The van der Waals surface area contributed by atoms with Crippen molar-refractivity contribution >= 4 is 5.78 Å². The lowest BCUT2D eigenvalue weighted by molar-refractivity contribution is 0.0932. The van der Waals surface area contributed by atoms with E-state index in [-0.39, 0.29) is 11.7 Å². The van der Waals surface area contributed by atoms with Crippen LogP contribution in [0.5, 0.6) is 0 Å². The van der Waals surface area contributed by atoms with Gasteiger partial charge in [-0.25, -0.2) is 0 Å². The van der Waals surface area contributed by atoms with E-state index in [0.717, 1.165) is 30.5 Å². The number of aromatic nitrogens is 2. The van der Waals surface area contributed by atoms with E-state index in [1.165, 1.54) is 0 Å². The molecule has 3 heteroatoms. The monoisotopic (exact) mass is 284 g/mol.